The number of esters is 1. The van der Waals surface area contributed by atoms with Crippen LogP contribution in [0.25, 0.3) is 6.08 Å². The Bertz CT molecular complexity index is 625. The first-order chi connectivity index (χ1) is 12.2. The zero-order valence-electron chi connectivity index (χ0n) is 14.8. The number of benzene rings is 1. The number of ether oxygens (including phenoxy) is 1. The Balaban J connectivity index is 1.50. The average molecular weight is 342 g/mol. The minimum Gasteiger partial charge on any atom is -0.465 e. The first kappa shape index (κ1) is 17.7. The van der Waals surface area contributed by atoms with Crippen molar-refractivity contribution in [3.05, 3.63) is 41.5 Å². The minimum atomic E-state index is -0.355. The van der Waals surface area contributed by atoms with Crippen LogP contribution in [0.1, 0.15) is 41.6 Å². The predicted octanol–water partition coefficient (Wildman–Crippen LogP) is 2.57. The maximum Gasteiger partial charge on any atom is 0.337 e. The third kappa shape index (κ3) is 4.48. The van der Waals surface area contributed by atoms with Gasteiger partial charge in [-0.1, -0.05) is 25.0 Å². The molecule has 0 aromatic heterocycles. The molecule has 0 N–H and O–H groups in total. The van der Waals surface area contributed by atoms with Gasteiger partial charge in [0.25, 0.3) is 0 Å². The van der Waals surface area contributed by atoms with Crippen LogP contribution < -0.4 is 0 Å². The zero-order chi connectivity index (χ0) is 17.6. The number of hydrogen-bond acceptors (Lipinski definition) is 4. The van der Waals surface area contributed by atoms with E-state index in [2.05, 4.69) is 9.64 Å². The van der Waals surface area contributed by atoms with Crippen molar-refractivity contribution in [3.63, 3.8) is 0 Å². The second kappa shape index (κ2) is 8.30. The van der Waals surface area contributed by atoms with Gasteiger partial charge in [0, 0.05) is 38.3 Å². The molecule has 0 atom stereocenters. The molecule has 1 saturated carbocycles. The molecule has 1 aromatic rings. The number of carbonyl (C=O) groups is 2. The molecule has 134 valence electrons. The van der Waals surface area contributed by atoms with Gasteiger partial charge >= 0.3 is 5.97 Å². The van der Waals surface area contributed by atoms with Gasteiger partial charge < -0.3 is 9.64 Å². The van der Waals surface area contributed by atoms with E-state index >= 15 is 0 Å². The summed E-state index contributed by atoms with van der Waals surface area (Å²) in [7, 11) is 1.36. The van der Waals surface area contributed by atoms with Gasteiger partial charge in [-0.15, -0.1) is 0 Å². The zero-order valence-corrected chi connectivity index (χ0v) is 14.8. The van der Waals surface area contributed by atoms with E-state index in [9.17, 15) is 9.59 Å². The average Bonchev–Trinajstić information content (AvgIpc) is 3.21. The first-order valence-corrected chi connectivity index (χ1v) is 9.07. The lowest BCUT2D eigenvalue weighted by Gasteiger charge is -2.37. The van der Waals surface area contributed by atoms with Crippen LogP contribution in [0.3, 0.4) is 0 Å². The van der Waals surface area contributed by atoms with Crippen molar-refractivity contribution in [3.8, 4) is 0 Å². The Labute approximate surface area is 149 Å². The van der Waals surface area contributed by atoms with E-state index in [0.717, 1.165) is 37.8 Å². The number of methoxy groups -OCH3 is 1. The Kier molecular flexibility index (Phi) is 5.87. The second-order valence-electron chi connectivity index (χ2n) is 6.75. The largest absolute Gasteiger partial charge is 0.465 e. The van der Waals surface area contributed by atoms with Crippen molar-refractivity contribution in [2.45, 2.75) is 31.7 Å². The van der Waals surface area contributed by atoms with E-state index in [-0.39, 0.29) is 11.9 Å². The molecule has 0 bridgehead atoms. The molecule has 1 saturated heterocycles. The van der Waals surface area contributed by atoms with Crippen molar-refractivity contribution in [1.29, 1.82) is 0 Å². The number of amides is 1. The molecule has 1 aliphatic heterocycles. The fraction of sp³-hybridized carbons (Fsp3) is 0.500. The van der Waals surface area contributed by atoms with Crippen LogP contribution in [0, 0.1) is 0 Å². The molecule has 2 aliphatic rings. The van der Waals surface area contributed by atoms with Crippen molar-refractivity contribution in [1.82, 2.24) is 9.80 Å². The Morgan fingerprint density at radius 2 is 1.68 bits per heavy atom. The van der Waals surface area contributed by atoms with Crippen molar-refractivity contribution in [2.24, 2.45) is 0 Å². The molecule has 25 heavy (non-hydrogen) atoms. The van der Waals surface area contributed by atoms with Gasteiger partial charge in [-0.3, -0.25) is 9.69 Å². The highest BCUT2D eigenvalue weighted by molar-refractivity contribution is 5.92. The molecule has 1 amide bonds. The van der Waals surface area contributed by atoms with Gasteiger partial charge in [0.2, 0.25) is 5.91 Å². The summed E-state index contributed by atoms with van der Waals surface area (Å²) >= 11 is 0. The minimum absolute atomic E-state index is 0.0584. The van der Waals surface area contributed by atoms with Crippen LogP contribution in [0.15, 0.2) is 30.3 Å². The van der Waals surface area contributed by atoms with Crippen LogP contribution in [0.5, 0.6) is 0 Å². The SMILES string of the molecule is COC(=O)c1ccc(/C=C/C(=O)N2CCN(C3CCCC3)CC2)cc1. The summed E-state index contributed by atoms with van der Waals surface area (Å²) in [6.45, 7) is 3.58. The molecule has 1 aromatic carbocycles. The van der Waals surface area contributed by atoms with Crippen LogP contribution in [0.2, 0.25) is 0 Å². The highest BCUT2D eigenvalue weighted by Gasteiger charge is 2.27. The summed E-state index contributed by atoms with van der Waals surface area (Å²) in [5, 5.41) is 0. The van der Waals surface area contributed by atoms with Gasteiger partial charge in [-0.25, -0.2) is 4.79 Å². The lowest BCUT2D eigenvalue weighted by atomic mass is 10.1. The third-order valence-corrected chi connectivity index (χ3v) is 5.22. The van der Waals surface area contributed by atoms with Crippen molar-refractivity contribution >= 4 is 18.0 Å². The van der Waals surface area contributed by atoms with Gasteiger partial charge in [0.15, 0.2) is 0 Å². The van der Waals surface area contributed by atoms with Gasteiger partial charge in [0.1, 0.15) is 0 Å². The van der Waals surface area contributed by atoms with E-state index in [0.29, 0.717) is 5.56 Å². The Hall–Kier alpha value is -2.14. The molecular formula is C20H26N2O3. The molecule has 1 heterocycles. The number of nitrogens with zero attached hydrogens (tertiary/aromatic N) is 2. The number of hydrogen-bond donors (Lipinski definition) is 0. The lowest BCUT2D eigenvalue weighted by Crippen LogP contribution is -2.51. The fourth-order valence-electron chi connectivity index (χ4n) is 3.70. The van der Waals surface area contributed by atoms with E-state index in [1.165, 1.54) is 32.8 Å². The summed E-state index contributed by atoms with van der Waals surface area (Å²) in [4.78, 5) is 28.3. The summed E-state index contributed by atoms with van der Waals surface area (Å²) in [6.07, 6.45) is 8.75. The highest BCUT2D eigenvalue weighted by atomic mass is 16.5. The summed E-state index contributed by atoms with van der Waals surface area (Å²) in [5.74, 6) is -0.296. The molecular weight excluding hydrogens is 316 g/mol. The first-order valence-electron chi connectivity index (χ1n) is 9.07. The van der Waals surface area contributed by atoms with Crippen LogP contribution in [0.4, 0.5) is 0 Å². The standard InChI is InChI=1S/C20H26N2O3/c1-25-20(24)17-9-6-16(7-10-17)8-11-19(23)22-14-12-21(13-15-22)18-4-2-3-5-18/h6-11,18H,2-5,12-15H2,1H3/b11-8+. The van der Waals surface area contributed by atoms with E-state index < -0.39 is 0 Å². The van der Waals surface area contributed by atoms with E-state index in [1.807, 2.05) is 17.0 Å². The summed E-state index contributed by atoms with van der Waals surface area (Å²) in [5.41, 5.74) is 1.40. The highest BCUT2D eigenvalue weighted by Crippen LogP contribution is 2.24. The topological polar surface area (TPSA) is 49.9 Å². The molecule has 5 nitrogen and oxygen atoms in total. The molecule has 0 radical (unpaired) electrons. The molecule has 0 unspecified atom stereocenters. The van der Waals surface area contributed by atoms with Crippen LogP contribution >= 0.6 is 0 Å². The van der Waals surface area contributed by atoms with Crippen LogP contribution in [-0.4, -0.2) is 61.0 Å². The lowest BCUT2D eigenvalue weighted by molar-refractivity contribution is -0.127. The van der Waals surface area contributed by atoms with Crippen LogP contribution in [-0.2, 0) is 9.53 Å². The molecule has 3 rings (SSSR count). The van der Waals surface area contributed by atoms with E-state index in [1.54, 1.807) is 24.3 Å². The molecule has 0 spiro atoms. The number of carbonyl (C=O) groups excluding carboxylic acids is 2. The summed E-state index contributed by atoms with van der Waals surface area (Å²) < 4.78 is 4.68. The number of rotatable bonds is 4. The molecule has 5 heteroatoms. The molecule has 2 fully saturated rings. The third-order valence-electron chi connectivity index (χ3n) is 5.22. The maximum absolute atomic E-state index is 12.4. The van der Waals surface area contributed by atoms with Gasteiger partial charge in [0.05, 0.1) is 12.7 Å². The van der Waals surface area contributed by atoms with Gasteiger partial charge in [-0.2, -0.15) is 0 Å². The second-order valence-corrected chi connectivity index (χ2v) is 6.75. The van der Waals surface area contributed by atoms with Crippen molar-refractivity contribution in [2.75, 3.05) is 33.3 Å². The monoisotopic (exact) mass is 342 g/mol. The predicted molar refractivity (Wildman–Crippen MR) is 97.2 cm³/mol. The Morgan fingerprint density at radius 1 is 1.04 bits per heavy atom. The normalized spacial score (nSPS) is 19.5. The quantitative estimate of drug-likeness (QED) is 0.623. The number of piperazine rings is 1. The fourth-order valence-corrected chi connectivity index (χ4v) is 3.70. The summed E-state index contributed by atoms with van der Waals surface area (Å²) in [6, 6.07) is 7.77. The van der Waals surface area contributed by atoms with Gasteiger partial charge in [-0.05, 0) is 36.6 Å². The van der Waals surface area contributed by atoms with Crippen molar-refractivity contribution < 1.29 is 14.3 Å². The Morgan fingerprint density at radius 3 is 2.28 bits per heavy atom. The maximum atomic E-state index is 12.4. The molecule has 1 aliphatic carbocycles. The smallest absolute Gasteiger partial charge is 0.337 e. The van der Waals surface area contributed by atoms with E-state index in [4.69, 9.17) is 0 Å².